The molecule has 0 saturated heterocycles. The molecular formula is C16H14F2N2OS. The highest BCUT2D eigenvalue weighted by molar-refractivity contribution is 7.15. The first-order valence-corrected chi connectivity index (χ1v) is 7.77. The van der Waals surface area contributed by atoms with Crippen LogP contribution in [0.4, 0.5) is 8.78 Å². The second-order valence-electron chi connectivity index (χ2n) is 5.16. The smallest absolute Gasteiger partial charge is 0.279 e. The van der Waals surface area contributed by atoms with E-state index in [0.29, 0.717) is 0 Å². The molecule has 1 atom stereocenters. The van der Waals surface area contributed by atoms with Crippen molar-refractivity contribution < 1.29 is 13.6 Å². The van der Waals surface area contributed by atoms with Gasteiger partial charge in [0, 0.05) is 5.56 Å². The van der Waals surface area contributed by atoms with Crippen molar-refractivity contribution in [3.05, 3.63) is 53.1 Å². The van der Waals surface area contributed by atoms with Crippen molar-refractivity contribution in [1.29, 1.82) is 0 Å². The van der Waals surface area contributed by atoms with Crippen LogP contribution in [0.25, 0.3) is 10.6 Å². The van der Waals surface area contributed by atoms with Gasteiger partial charge in [0.05, 0.1) is 16.6 Å². The molecule has 1 heterocycles. The molecule has 2 aromatic rings. The highest BCUT2D eigenvalue weighted by Gasteiger charge is 2.26. The molecule has 1 aromatic carbocycles. The first-order valence-electron chi connectivity index (χ1n) is 6.95. The van der Waals surface area contributed by atoms with E-state index < -0.39 is 11.7 Å². The molecule has 0 spiro atoms. The van der Waals surface area contributed by atoms with Crippen LogP contribution < -0.4 is 5.32 Å². The third-order valence-corrected chi connectivity index (χ3v) is 4.85. The number of hydrogen-bond acceptors (Lipinski definition) is 3. The number of thiazole rings is 1. The Morgan fingerprint density at radius 1 is 1.36 bits per heavy atom. The molecule has 0 radical (unpaired) electrons. The Balaban J connectivity index is 1.89. The van der Waals surface area contributed by atoms with Crippen LogP contribution in [0.3, 0.4) is 0 Å². The minimum Gasteiger partial charge on any atom is -0.342 e. The Hall–Kier alpha value is -2.08. The molecule has 6 heteroatoms. The van der Waals surface area contributed by atoms with Crippen LogP contribution in [0.1, 0.15) is 29.5 Å². The fourth-order valence-electron chi connectivity index (χ4n) is 2.51. The average molecular weight is 320 g/mol. The number of benzene rings is 1. The van der Waals surface area contributed by atoms with Gasteiger partial charge in [-0.2, -0.15) is 0 Å². The zero-order valence-corrected chi connectivity index (χ0v) is 12.6. The minimum absolute atomic E-state index is 0.240. The Morgan fingerprint density at radius 3 is 2.77 bits per heavy atom. The summed E-state index contributed by atoms with van der Waals surface area (Å²) in [6.45, 7) is 3.01. The van der Waals surface area contributed by atoms with E-state index in [-0.39, 0.29) is 11.9 Å². The van der Waals surface area contributed by atoms with Gasteiger partial charge in [0.15, 0.2) is 5.83 Å². The van der Waals surface area contributed by atoms with Gasteiger partial charge in [0.2, 0.25) is 0 Å². The van der Waals surface area contributed by atoms with Crippen LogP contribution in [0.2, 0.25) is 0 Å². The van der Waals surface area contributed by atoms with Crippen LogP contribution in [0, 0.1) is 5.82 Å². The molecule has 0 fully saturated rings. The summed E-state index contributed by atoms with van der Waals surface area (Å²) in [4.78, 5) is 17.0. The molecule has 0 saturated carbocycles. The van der Waals surface area contributed by atoms with Crippen LogP contribution in [0.15, 0.2) is 36.7 Å². The van der Waals surface area contributed by atoms with Gasteiger partial charge in [-0.1, -0.05) is 6.58 Å². The molecule has 1 aliphatic carbocycles. The van der Waals surface area contributed by atoms with Gasteiger partial charge < -0.3 is 5.32 Å². The fourth-order valence-corrected chi connectivity index (χ4v) is 3.71. The van der Waals surface area contributed by atoms with E-state index in [1.807, 2.05) is 0 Å². The highest BCUT2D eigenvalue weighted by Crippen LogP contribution is 2.38. The lowest BCUT2D eigenvalue weighted by Crippen LogP contribution is -2.30. The maximum atomic E-state index is 13.0. The number of amides is 1. The first kappa shape index (κ1) is 14.8. The predicted molar refractivity (Wildman–Crippen MR) is 81.6 cm³/mol. The molecule has 1 aromatic heterocycles. The van der Waals surface area contributed by atoms with E-state index in [9.17, 15) is 13.6 Å². The lowest BCUT2D eigenvalue weighted by atomic mass is 9.98. The van der Waals surface area contributed by atoms with E-state index in [2.05, 4.69) is 16.9 Å². The number of hydrogen-bond donors (Lipinski definition) is 1. The lowest BCUT2D eigenvalue weighted by molar-refractivity contribution is -0.119. The number of aryl methyl sites for hydroxylation is 1. The van der Waals surface area contributed by atoms with E-state index in [1.54, 1.807) is 12.1 Å². The second-order valence-corrected chi connectivity index (χ2v) is 6.19. The van der Waals surface area contributed by atoms with Gasteiger partial charge in [-0.05, 0) is 43.5 Å². The number of carbonyl (C=O) groups is 1. The third kappa shape index (κ3) is 2.92. The Kier molecular flexibility index (Phi) is 4.02. The van der Waals surface area contributed by atoms with Crippen LogP contribution in [-0.2, 0) is 11.2 Å². The monoisotopic (exact) mass is 320 g/mol. The standard InChI is InChI=1S/C16H14F2N2OS/c1-9(17)15(21)19-12-3-2-4-13-14(12)22-16(20-13)10-5-7-11(18)8-6-10/h5-8,12H,1-4H2,(H,19,21). The quantitative estimate of drug-likeness (QED) is 0.871. The molecule has 1 amide bonds. The maximum absolute atomic E-state index is 13.0. The Bertz CT molecular complexity index is 724. The SMILES string of the molecule is C=C(F)C(=O)NC1CCCc2nc(-c3ccc(F)cc3)sc21. The summed E-state index contributed by atoms with van der Waals surface area (Å²) >= 11 is 1.46. The Morgan fingerprint density at radius 2 is 2.09 bits per heavy atom. The molecule has 1 N–H and O–H groups in total. The van der Waals surface area contributed by atoms with E-state index >= 15 is 0 Å². The molecule has 1 aliphatic rings. The van der Waals surface area contributed by atoms with Crippen molar-refractivity contribution >= 4 is 17.2 Å². The van der Waals surface area contributed by atoms with Crippen molar-refractivity contribution in [2.75, 3.05) is 0 Å². The predicted octanol–water partition coefficient (Wildman–Crippen LogP) is 3.93. The van der Waals surface area contributed by atoms with Gasteiger partial charge in [-0.3, -0.25) is 4.79 Å². The number of nitrogens with one attached hydrogen (secondary N) is 1. The van der Waals surface area contributed by atoms with Crippen molar-refractivity contribution in [2.24, 2.45) is 0 Å². The van der Waals surface area contributed by atoms with E-state index in [0.717, 1.165) is 40.4 Å². The topological polar surface area (TPSA) is 42.0 Å². The summed E-state index contributed by atoms with van der Waals surface area (Å²) < 4.78 is 25.9. The second kappa shape index (κ2) is 5.96. The van der Waals surface area contributed by atoms with Crippen LogP contribution in [-0.4, -0.2) is 10.9 Å². The van der Waals surface area contributed by atoms with Gasteiger partial charge in [0.1, 0.15) is 10.8 Å². The number of rotatable bonds is 3. The van der Waals surface area contributed by atoms with Gasteiger partial charge >= 0.3 is 0 Å². The van der Waals surface area contributed by atoms with Crippen molar-refractivity contribution in [1.82, 2.24) is 10.3 Å². The first-order chi connectivity index (χ1) is 10.5. The summed E-state index contributed by atoms with van der Waals surface area (Å²) in [6, 6.07) is 5.90. The normalized spacial score (nSPS) is 16.9. The lowest BCUT2D eigenvalue weighted by Gasteiger charge is -2.21. The summed E-state index contributed by atoms with van der Waals surface area (Å²) in [5.41, 5.74) is 1.76. The summed E-state index contributed by atoms with van der Waals surface area (Å²) in [7, 11) is 0. The van der Waals surface area contributed by atoms with Crippen molar-refractivity contribution in [3.8, 4) is 10.6 Å². The van der Waals surface area contributed by atoms with E-state index in [4.69, 9.17) is 0 Å². The molecule has 0 bridgehead atoms. The zero-order chi connectivity index (χ0) is 15.7. The van der Waals surface area contributed by atoms with Crippen LogP contribution >= 0.6 is 11.3 Å². The summed E-state index contributed by atoms with van der Waals surface area (Å²) in [5, 5.41) is 3.43. The molecule has 3 nitrogen and oxygen atoms in total. The molecule has 114 valence electrons. The van der Waals surface area contributed by atoms with Gasteiger partial charge in [0.25, 0.3) is 5.91 Å². The largest absolute Gasteiger partial charge is 0.342 e. The van der Waals surface area contributed by atoms with Crippen molar-refractivity contribution in [3.63, 3.8) is 0 Å². The van der Waals surface area contributed by atoms with Crippen molar-refractivity contribution in [2.45, 2.75) is 25.3 Å². The van der Waals surface area contributed by atoms with Gasteiger partial charge in [-0.15, -0.1) is 11.3 Å². The highest BCUT2D eigenvalue weighted by atomic mass is 32.1. The molecular weight excluding hydrogens is 306 g/mol. The summed E-state index contributed by atoms with van der Waals surface area (Å²) in [5.74, 6) is -2.07. The molecule has 1 unspecified atom stereocenters. The molecule has 22 heavy (non-hydrogen) atoms. The minimum atomic E-state index is -0.990. The number of carbonyl (C=O) groups excluding carboxylic acids is 1. The molecule has 0 aliphatic heterocycles. The third-order valence-electron chi connectivity index (χ3n) is 3.59. The fraction of sp³-hybridized carbons (Fsp3) is 0.250. The van der Waals surface area contributed by atoms with E-state index in [1.165, 1.54) is 23.5 Å². The van der Waals surface area contributed by atoms with Gasteiger partial charge in [-0.25, -0.2) is 13.8 Å². The zero-order valence-electron chi connectivity index (χ0n) is 11.7. The summed E-state index contributed by atoms with van der Waals surface area (Å²) in [6.07, 6.45) is 2.45. The van der Waals surface area contributed by atoms with Crippen LogP contribution in [0.5, 0.6) is 0 Å². The number of nitrogens with zero attached hydrogens (tertiary/aromatic N) is 1. The number of fused-ring (bicyclic) bond motifs is 1. The average Bonchev–Trinajstić information content (AvgIpc) is 2.93. The number of aromatic nitrogens is 1. The number of halogens is 2. The maximum Gasteiger partial charge on any atom is 0.279 e. The molecule has 3 rings (SSSR count). The Labute approximate surface area is 130 Å².